The van der Waals surface area contributed by atoms with Gasteiger partial charge in [-0.05, 0) is 36.6 Å². The molecule has 0 unspecified atom stereocenters. The molecule has 2 aromatic carbocycles. The second-order valence-corrected chi connectivity index (χ2v) is 4.91. The minimum Gasteiger partial charge on any atom is -0.469 e. The van der Waals surface area contributed by atoms with E-state index in [4.69, 9.17) is 4.42 Å². The van der Waals surface area contributed by atoms with Crippen LogP contribution in [0.1, 0.15) is 16.1 Å². The first-order valence-corrected chi connectivity index (χ1v) is 6.87. The molecule has 0 fully saturated rings. The molecular formula is C17H13F2NO3. The number of carbonyl (C=O) groups is 1. The number of halogens is 2. The van der Waals surface area contributed by atoms with E-state index in [1.807, 2.05) is 6.07 Å². The molecule has 1 aromatic heterocycles. The second kappa shape index (κ2) is 6.08. The highest BCUT2D eigenvalue weighted by molar-refractivity contribution is 6.09. The van der Waals surface area contributed by atoms with Gasteiger partial charge in [0.1, 0.15) is 11.5 Å². The van der Waals surface area contributed by atoms with Crippen LogP contribution in [0.5, 0.6) is 5.75 Å². The maximum Gasteiger partial charge on any atom is 0.387 e. The lowest BCUT2D eigenvalue weighted by molar-refractivity contribution is -0.0497. The summed E-state index contributed by atoms with van der Waals surface area (Å²) in [7, 11) is 0. The van der Waals surface area contributed by atoms with Gasteiger partial charge in [0.2, 0.25) is 0 Å². The summed E-state index contributed by atoms with van der Waals surface area (Å²) in [5.41, 5.74) is 0.926. The average molecular weight is 317 g/mol. The minimum absolute atomic E-state index is 0.0358. The zero-order valence-corrected chi connectivity index (χ0v) is 12.2. The first kappa shape index (κ1) is 15.0. The third-order valence-corrected chi connectivity index (χ3v) is 3.43. The highest BCUT2D eigenvalue weighted by atomic mass is 19.3. The van der Waals surface area contributed by atoms with Crippen molar-refractivity contribution in [2.45, 2.75) is 13.5 Å². The Morgan fingerprint density at radius 2 is 2.04 bits per heavy atom. The van der Waals surface area contributed by atoms with Crippen LogP contribution in [-0.2, 0) is 0 Å². The Bertz CT molecular complexity index is 858. The number of alkyl halides is 2. The van der Waals surface area contributed by atoms with Gasteiger partial charge in [0.05, 0.1) is 11.8 Å². The molecule has 6 heteroatoms. The first-order valence-electron chi connectivity index (χ1n) is 6.87. The first-order chi connectivity index (χ1) is 11.0. The summed E-state index contributed by atoms with van der Waals surface area (Å²) in [6.45, 7) is -1.21. The molecular weight excluding hydrogens is 304 g/mol. The van der Waals surface area contributed by atoms with Crippen LogP contribution in [0, 0.1) is 6.92 Å². The molecule has 0 atom stereocenters. The third kappa shape index (κ3) is 3.15. The van der Waals surface area contributed by atoms with Gasteiger partial charge in [-0.15, -0.1) is 0 Å². The molecule has 0 aliphatic heterocycles. The van der Waals surface area contributed by atoms with Gasteiger partial charge in [0, 0.05) is 11.1 Å². The van der Waals surface area contributed by atoms with Crippen molar-refractivity contribution in [2.24, 2.45) is 0 Å². The standard InChI is InChI=1S/C17H13F2NO3/c1-10-13(7-8-22-10)16(21)20-15-4-2-3-11-5-6-12(9-14(11)15)23-17(18)19/h2-9,17H,1H3,(H,20,21). The number of nitrogens with one attached hydrogen (secondary N) is 1. The van der Waals surface area contributed by atoms with E-state index in [2.05, 4.69) is 10.1 Å². The molecule has 0 saturated carbocycles. The maximum absolute atomic E-state index is 12.4. The fourth-order valence-corrected chi connectivity index (χ4v) is 2.35. The van der Waals surface area contributed by atoms with Crippen molar-refractivity contribution >= 4 is 22.4 Å². The second-order valence-electron chi connectivity index (χ2n) is 4.91. The van der Waals surface area contributed by atoms with Gasteiger partial charge in [-0.2, -0.15) is 8.78 Å². The Kier molecular flexibility index (Phi) is 3.97. The van der Waals surface area contributed by atoms with Gasteiger partial charge in [0.15, 0.2) is 0 Å². The number of hydrogen-bond acceptors (Lipinski definition) is 3. The summed E-state index contributed by atoms with van der Waals surface area (Å²) >= 11 is 0. The van der Waals surface area contributed by atoms with E-state index in [0.717, 1.165) is 5.39 Å². The van der Waals surface area contributed by atoms with E-state index in [9.17, 15) is 13.6 Å². The Balaban J connectivity index is 1.96. The van der Waals surface area contributed by atoms with Gasteiger partial charge in [0.25, 0.3) is 5.91 Å². The van der Waals surface area contributed by atoms with Gasteiger partial charge in [-0.25, -0.2) is 0 Å². The molecule has 0 radical (unpaired) electrons. The number of ether oxygens (including phenoxy) is 1. The summed E-state index contributed by atoms with van der Waals surface area (Å²) in [6, 6.07) is 11.4. The van der Waals surface area contributed by atoms with E-state index >= 15 is 0 Å². The normalized spacial score (nSPS) is 11.0. The zero-order chi connectivity index (χ0) is 16.4. The minimum atomic E-state index is -2.90. The lowest BCUT2D eigenvalue weighted by atomic mass is 10.1. The number of furan rings is 1. The van der Waals surface area contributed by atoms with Gasteiger partial charge < -0.3 is 14.5 Å². The molecule has 23 heavy (non-hydrogen) atoms. The van der Waals surface area contributed by atoms with Crippen LogP contribution < -0.4 is 10.1 Å². The highest BCUT2D eigenvalue weighted by Crippen LogP contribution is 2.29. The molecule has 0 spiro atoms. The van der Waals surface area contributed by atoms with Crippen molar-refractivity contribution in [3.05, 3.63) is 60.1 Å². The molecule has 1 amide bonds. The monoisotopic (exact) mass is 317 g/mol. The van der Waals surface area contributed by atoms with Crippen LogP contribution in [0.3, 0.4) is 0 Å². The van der Waals surface area contributed by atoms with Crippen molar-refractivity contribution in [1.82, 2.24) is 0 Å². The quantitative estimate of drug-likeness (QED) is 0.765. The number of carbonyl (C=O) groups excluding carboxylic acids is 1. The van der Waals surface area contributed by atoms with Gasteiger partial charge in [-0.1, -0.05) is 18.2 Å². The average Bonchev–Trinajstić information content (AvgIpc) is 2.93. The number of fused-ring (bicyclic) bond motifs is 1. The molecule has 118 valence electrons. The van der Waals surface area contributed by atoms with Crippen molar-refractivity contribution in [1.29, 1.82) is 0 Å². The Labute approximate surface area is 130 Å². The molecule has 1 N–H and O–H groups in total. The van der Waals surface area contributed by atoms with Crippen molar-refractivity contribution in [3.8, 4) is 5.75 Å². The van der Waals surface area contributed by atoms with Crippen LogP contribution in [-0.4, -0.2) is 12.5 Å². The van der Waals surface area contributed by atoms with Crippen molar-refractivity contribution in [3.63, 3.8) is 0 Å². The van der Waals surface area contributed by atoms with Crippen molar-refractivity contribution < 1.29 is 22.7 Å². The van der Waals surface area contributed by atoms with E-state index in [0.29, 0.717) is 22.4 Å². The van der Waals surface area contributed by atoms with E-state index in [-0.39, 0.29) is 11.7 Å². The molecule has 0 aliphatic rings. The fraction of sp³-hybridized carbons (Fsp3) is 0.118. The number of anilines is 1. The van der Waals surface area contributed by atoms with Crippen LogP contribution in [0.4, 0.5) is 14.5 Å². The van der Waals surface area contributed by atoms with Crippen LogP contribution in [0.2, 0.25) is 0 Å². The van der Waals surface area contributed by atoms with E-state index in [1.54, 1.807) is 31.2 Å². The van der Waals surface area contributed by atoms with E-state index < -0.39 is 6.61 Å². The largest absolute Gasteiger partial charge is 0.469 e. The van der Waals surface area contributed by atoms with Crippen LogP contribution in [0.25, 0.3) is 10.8 Å². The fourth-order valence-electron chi connectivity index (χ4n) is 2.35. The zero-order valence-electron chi connectivity index (χ0n) is 12.2. The van der Waals surface area contributed by atoms with E-state index in [1.165, 1.54) is 18.4 Å². The Morgan fingerprint density at radius 3 is 2.74 bits per heavy atom. The van der Waals surface area contributed by atoms with Crippen molar-refractivity contribution in [2.75, 3.05) is 5.32 Å². The number of benzene rings is 2. The number of aryl methyl sites for hydroxylation is 1. The topological polar surface area (TPSA) is 51.5 Å². The van der Waals surface area contributed by atoms with Crippen LogP contribution in [0.15, 0.2) is 53.1 Å². The van der Waals surface area contributed by atoms with Crippen LogP contribution >= 0.6 is 0 Å². The molecule has 1 heterocycles. The maximum atomic E-state index is 12.4. The Hall–Kier alpha value is -2.89. The molecule has 3 rings (SSSR count). The molecule has 4 nitrogen and oxygen atoms in total. The summed E-state index contributed by atoms with van der Waals surface area (Å²) < 4.78 is 34.2. The number of rotatable bonds is 4. The molecule has 0 bridgehead atoms. The summed E-state index contributed by atoms with van der Waals surface area (Å²) in [5.74, 6) is 0.210. The smallest absolute Gasteiger partial charge is 0.387 e. The lowest BCUT2D eigenvalue weighted by Crippen LogP contribution is -2.12. The summed E-state index contributed by atoms with van der Waals surface area (Å²) in [5, 5.41) is 4.18. The third-order valence-electron chi connectivity index (χ3n) is 3.43. The number of hydrogen-bond donors (Lipinski definition) is 1. The lowest BCUT2D eigenvalue weighted by Gasteiger charge is -2.10. The Morgan fingerprint density at radius 1 is 1.22 bits per heavy atom. The molecule has 0 aliphatic carbocycles. The number of amides is 1. The summed E-state index contributed by atoms with van der Waals surface area (Å²) in [4.78, 5) is 12.3. The van der Waals surface area contributed by atoms with Gasteiger partial charge >= 0.3 is 6.61 Å². The highest BCUT2D eigenvalue weighted by Gasteiger charge is 2.13. The predicted molar refractivity (Wildman–Crippen MR) is 82.0 cm³/mol. The predicted octanol–water partition coefficient (Wildman–Crippen LogP) is 4.59. The molecule has 3 aromatic rings. The summed E-state index contributed by atoms with van der Waals surface area (Å²) in [6.07, 6.45) is 1.43. The SMILES string of the molecule is Cc1occc1C(=O)Nc1cccc2ccc(OC(F)F)cc12. The van der Waals surface area contributed by atoms with Gasteiger partial charge in [-0.3, -0.25) is 4.79 Å². The molecule has 0 saturated heterocycles.